The van der Waals surface area contributed by atoms with Gasteiger partial charge in [0.05, 0.1) is 29.9 Å². The number of amides is 1. The minimum atomic E-state index is -0.536. The van der Waals surface area contributed by atoms with Crippen LogP contribution >= 0.6 is 0 Å². The van der Waals surface area contributed by atoms with E-state index in [0.717, 1.165) is 5.56 Å². The van der Waals surface area contributed by atoms with E-state index < -0.39 is 4.92 Å². The van der Waals surface area contributed by atoms with Crippen molar-refractivity contribution in [3.63, 3.8) is 0 Å². The van der Waals surface area contributed by atoms with E-state index in [1.165, 1.54) is 30.2 Å². The molecule has 1 aromatic carbocycles. The average molecular weight is 290 g/mol. The molecular weight excluding hydrogens is 276 g/mol. The number of benzene rings is 1. The zero-order valence-electron chi connectivity index (χ0n) is 11.6. The first kappa shape index (κ1) is 14.5. The van der Waals surface area contributed by atoms with Crippen molar-refractivity contribution in [2.24, 2.45) is 0 Å². The van der Waals surface area contributed by atoms with E-state index in [1.54, 1.807) is 19.4 Å². The number of rotatable bonds is 5. The van der Waals surface area contributed by atoms with E-state index in [-0.39, 0.29) is 22.9 Å². The molecular formula is C13H14N4O4. The highest BCUT2D eigenvalue weighted by Crippen LogP contribution is 2.25. The Morgan fingerprint density at radius 3 is 2.86 bits per heavy atom. The molecule has 0 fully saturated rings. The third kappa shape index (κ3) is 3.16. The molecule has 0 radical (unpaired) electrons. The van der Waals surface area contributed by atoms with Crippen molar-refractivity contribution < 1.29 is 14.5 Å². The number of aromatic nitrogens is 2. The molecule has 0 atom stereocenters. The summed E-state index contributed by atoms with van der Waals surface area (Å²) in [7, 11) is 3.00. The third-order valence-corrected chi connectivity index (χ3v) is 2.95. The normalized spacial score (nSPS) is 10.2. The van der Waals surface area contributed by atoms with Crippen LogP contribution < -0.4 is 4.74 Å². The van der Waals surface area contributed by atoms with Crippen LogP contribution in [-0.2, 0) is 6.54 Å². The Bertz CT molecular complexity index is 654. The van der Waals surface area contributed by atoms with Gasteiger partial charge < -0.3 is 9.64 Å². The van der Waals surface area contributed by atoms with Gasteiger partial charge >= 0.3 is 0 Å². The Kier molecular flexibility index (Phi) is 4.17. The summed E-state index contributed by atoms with van der Waals surface area (Å²) in [5.41, 5.74) is 1.00. The van der Waals surface area contributed by atoms with Crippen molar-refractivity contribution in [1.29, 1.82) is 0 Å². The van der Waals surface area contributed by atoms with Gasteiger partial charge in [-0.1, -0.05) is 0 Å². The van der Waals surface area contributed by atoms with Gasteiger partial charge in [-0.15, -0.1) is 0 Å². The number of hydrogen-bond donors (Lipinski definition) is 1. The first-order valence-corrected chi connectivity index (χ1v) is 6.08. The molecule has 2 aromatic rings. The maximum absolute atomic E-state index is 12.4. The van der Waals surface area contributed by atoms with Gasteiger partial charge in [0.1, 0.15) is 5.75 Å². The van der Waals surface area contributed by atoms with E-state index in [0.29, 0.717) is 6.54 Å². The predicted molar refractivity (Wildman–Crippen MR) is 74.0 cm³/mol. The van der Waals surface area contributed by atoms with Crippen LogP contribution in [0.3, 0.4) is 0 Å². The lowest BCUT2D eigenvalue weighted by Crippen LogP contribution is -2.26. The molecule has 110 valence electrons. The predicted octanol–water partition coefficient (Wildman–Crippen LogP) is 1.60. The highest BCUT2D eigenvalue weighted by atomic mass is 16.6. The molecule has 1 heterocycles. The van der Waals surface area contributed by atoms with Crippen molar-refractivity contribution in [1.82, 2.24) is 15.1 Å². The second kappa shape index (κ2) is 6.04. The molecule has 0 saturated carbocycles. The van der Waals surface area contributed by atoms with Gasteiger partial charge in [0.25, 0.3) is 11.6 Å². The lowest BCUT2D eigenvalue weighted by atomic mass is 10.1. The fourth-order valence-corrected chi connectivity index (χ4v) is 1.89. The number of carbonyl (C=O) groups excluding carboxylic acids is 1. The van der Waals surface area contributed by atoms with Crippen LogP contribution in [0.4, 0.5) is 5.69 Å². The molecule has 2 rings (SSSR count). The second-order valence-electron chi connectivity index (χ2n) is 4.41. The van der Waals surface area contributed by atoms with E-state index in [4.69, 9.17) is 4.74 Å². The lowest BCUT2D eigenvalue weighted by molar-refractivity contribution is -0.384. The van der Waals surface area contributed by atoms with Crippen molar-refractivity contribution in [2.45, 2.75) is 6.54 Å². The summed E-state index contributed by atoms with van der Waals surface area (Å²) in [4.78, 5) is 24.1. The number of non-ortho nitro benzene ring substituents is 1. The van der Waals surface area contributed by atoms with E-state index >= 15 is 0 Å². The zero-order chi connectivity index (χ0) is 15.4. The Labute approximate surface area is 120 Å². The third-order valence-electron chi connectivity index (χ3n) is 2.95. The number of nitrogens with one attached hydrogen (secondary N) is 1. The fraction of sp³-hybridized carbons (Fsp3) is 0.231. The average Bonchev–Trinajstić information content (AvgIpc) is 2.98. The summed E-state index contributed by atoms with van der Waals surface area (Å²) in [6, 6.07) is 3.91. The van der Waals surface area contributed by atoms with Gasteiger partial charge in [-0.2, -0.15) is 5.10 Å². The smallest absolute Gasteiger partial charge is 0.273 e. The van der Waals surface area contributed by atoms with E-state index in [9.17, 15) is 14.9 Å². The molecule has 0 aliphatic heterocycles. The highest BCUT2D eigenvalue weighted by molar-refractivity contribution is 5.97. The summed E-state index contributed by atoms with van der Waals surface area (Å²) in [5, 5.41) is 17.2. The molecule has 0 aliphatic carbocycles. The molecule has 8 nitrogen and oxygen atoms in total. The van der Waals surface area contributed by atoms with E-state index in [1.807, 2.05) is 0 Å². The number of H-pyrrole nitrogens is 1. The number of nitro groups is 1. The van der Waals surface area contributed by atoms with Crippen molar-refractivity contribution in [3.05, 3.63) is 51.8 Å². The number of hydrogen-bond acceptors (Lipinski definition) is 5. The molecule has 1 amide bonds. The number of nitrogens with zero attached hydrogens (tertiary/aromatic N) is 3. The molecule has 0 bridgehead atoms. The first-order chi connectivity index (χ1) is 10.0. The fourth-order valence-electron chi connectivity index (χ4n) is 1.89. The van der Waals surface area contributed by atoms with Gasteiger partial charge in [-0.05, 0) is 6.07 Å². The minimum Gasteiger partial charge on any atom is -0.496 e. The second-order valence-corrected chi connectivity index (χ2v) is 4.41. The van der Waals surface area contributed by atoms with Gasteiger partial charge in [-0.25, -0.2) is 0 Å². The number of aromatic amines is 1. The topological polar surface area (TPSA) is 101 Å². The van der Waals surface area contributed by atoms with Crippen LogP contribution in [0.5, 0.6) is 5.75 Å². The minimum absolute atomic E-state index is 0.124. The van der Waals surface area contributed by atoms with Gasteiger partial charge in [0, 0.05) is 31.4 Å². The van der Waals surface area contributed by atoms with Crippen LogP contribution in [0.2, 0.25) is 0 Å². The van der Waals surface area contributed by atoms with Crippen molar-refractivity contribution in [2.75, 3.05) is 14.2 Å². The maximum atomic E-state index is 12.4. The molecule has 0 saturated heterocycles. The highest BCUT2D eigenvalue weighted by Gasteiger charge is 2.20. The summed E-state index contributed by atoms with van der Waals surface area (Å²) >= 11 is 0. The van der Waals surface area contributed by atoms with Gasteiger partial charge in [0.2, 0.25) is 0 Å². The first-order valence-electron chi connectivity index (χ1n) is 6.08. The summed E-state index contributed by atoms with van der Waals surface area (Å²) in [6.45, 7) is 0.371. The van der Waals surface area contributed by atoms with E-state index in [2.05, 4.69) is 10.2 Å². The number of ether oxygens (including phenoxy) is 1. The lowest BCUT2D eigenvalue weighted by Gasteiger charge is -2.17. The maximum Gasteiger partial charge on any atom is 0.273 e. The van der Waals surface area contributed by atoms with Crippen LogP contribution in [0.1, 0.15) is 15.9 Å². The Morgan fingerprint density at radius 2 is 2.29 bits per heavy atom. The largest absolute Gasteiger partial charge is 0.496 e. The Morgan fingerprint density at radius 1 is 1.52 bits per heavy atom. The van der Waals surface area contributed by atoms with Gasteiger partial charge in [0.15, 0.2) is 0 Å². The van der Waals surface area contributed by atoms with Crippen LogP contribution in [0, 0.1) is 10.1 Å². The molecule has 21 heavy (non-hydrogen) atoms. The number of carbonyl (C=O) groups is 1. The SMILES string of the molecule is COc1cc([N+](=O)[O-])ccc1C(=O)N(C)Cc1cn[nH]c1. The standard InChI is InChI=1S/C13H14N4O4/c1-16(8-9-6-14-15-7-9)13(18)11-4-3-10(17(19)20)5-12(11)21-2/h3-7H,8H2,1-2H3,(H,14,15). The summed E-state index contributed by atoms with van der Waals surface area (Å²) in [5.74, 6) is -0.115. The molecule has 0 aliphatic rings. The molecule has 0 unspecified atom stereocenters. The van der Waals surface area contributed by atoms with Crippen LogP contribution in [-0.4, -0.2) is 40.1 Å². The summed E-state index contributed by atoms with van der Waals surface area (Å²) < 4.78 is 5.07. The van der Waals surface area contributed by atoms with Crippen LogP contribution in [0.15, 0.2) is 30.6 Å². The molecule has 1 N–H and O–H groups in total. The Balaban J connectivity index is 2.23. The van der Waals surface area contributed by atoms with Crippen LogP contribution in [0.25, 0.3) is 0 Å². The molecule has 8 heteroatoms. The quantitative estimate of drug-likeness (QED) is 0.665. The van der Waals surface area contributed by atoms with Gasteiger partial charge in [-0.3, -0.25) is 20.0 Å². The number of methoxy groups -OCH3 is 1. The monoisotopic (exact) mass is 290 g/mol. The molecule has 1 aromatic heterocycles. The van der Waals surface area contributed by atoms with Crippen molar-refractivity contribution >= 4 is 11.6 Å². The summed E-state index contributed by atoms with van der Waals surface area (Å²) in [6.07, 6.45) is 3.31. The Hall–Kier alpha value is -2.90. The number of nitro benzene ring substituents is 1. The zero-order valence-corrected chi connectivity index (χ0v) is 11.6. The molecule has 0 spiro atoms. The van der Waals surface area contributed by atoms with Crippen molar-refractivity contribution in [3.8, 4) is 5.75 Å².